The number of carbonyl (C=O) groups excluding carboxylic acids is 1. The normalized spacial score (nSPS) is 13.2. The summed E-state index contributed by atoms with van der Waals surface area (Å²) in [5, 5.41) is 13.9. The van der Waals surface area contributed by atoms with Crippen molar-refractivity contribution in [2.24, 2.45) is 0 Å². The Labute approximate surface area is 142 Å². The molecule has 0 saturated heterocycles. The van der Waals surface area contributed by atoms with Crippen molar-refractivity contribution in [2.75, 3.05) is 5.73 Å². The second-order valence-corrected chi connectivity index (χ2v) is 6.71. The smallest absolute Gasteiger partial charge is 0.407 e. The van der Waals surface area contributed by atoms with E-state index in [9.17, 15) is 14.9 Å². The van der Waals surface area contributed by atoms with Crippen molar-refractivity contribution in [1.82, 2.24) is 5.32 Å². The highest BCUT2D eigenvalue weighted by Crippen LogP contribution is 2.41. The van der Waals surface area contributed by atoms with E-state index in [1.165, 1.54) is 28.3 Å². The number of anilines is 1. The van der Waals surface area contributed by atoms with Gasteiger partial charge in [0.1, 0.15) is 5.00 Å². The quantitative estimate of drug-likeness (QED) is 0.651. The molecule has 1 aliphatic rings. The van der Waals surface area contributed by atoms with Crippen LogP contribution in [0.2, 0.25) is 0 Å². The third-order valence-electron chi connectivity index (χ3n) is 3.90. The molecule has 3 rings (SSSR count). The van der Waals surface area contributed by atoms with Gasteiger partial charge in [-0.05, 0) is 31.2 Å². The van der Waals surface area contributed by atoms with E-state index < -0.39 is 11.0 Å². The Morgan fingerprint density at radius 2 is 2.17 bits per heavy atom. The zero-order valence-corrected chi connectivity index (χ0v) is 13.7. The summed E-state index contributed by atoms with van der Waals surface area (Å²) in [6.45, 7) is 0.146. The molecule has 0 fully saturated rings. The maximum Gasteiger partial charge on any atom is 0.412 e. The molecule has 8 heteroatoms. The number of carbonyl (C=O) groups is 1. The number of amides is 1. The lowest BCUT2D eigenvalue weighted by Crippen LogP contribution is -2.26. The summed E-state index contributed by atoms with van der Waals surface area (Å²) < 4.78 is 5.38. The fourth-order valence-corrected chi connectivity index (χ4v) is 3.84. The van der Waals surface area contributed by atoms with Gasteiger partial charge in [0.15, 0.2) is 5.75 Å². The molecule has 1 aromatic carbocycles. The molecule has 0 aliphatic heterocycles. The van der Waals surface area contributed by atoms with E-state index >= 15 is 0 Å². The van der Waals surface area contributed by atoms with Gasteiger partial charge >= 0.3 is 6.09 Å². The minimum atomic E-state index is -0.612. The number of aryl methyl sites for hydroxylation is 1. The number of nitrogens with one attached hydrogen (secondary N) is 1. The molecule has 0 spiro atoms. The van der Waals surface area contributed by atoms with Gasteiger partial charge in [-0.25, -0.2) is 4.79 Å². The summed E-state index contributed by atoms with van der Waals surface area (Å²) in [6, 6.07) is 6.10. The molecule has 1 amide bonds. The number of nitro groups is 1. The van der Waals surface area contributed by atoms with Crippen LogP contribution in [-0.4, -0.2) is 11.0 Å². The van der Waals surface area contributed by atoms with Gasteiger partial charge in [0.25, 0.3) is 5.69 Å². The summed E-state index contributed by atoms with van der Waals surface area (Å²) in [5.41, 5.74) is 7.62. The average molecular weight is 347 g/mol. The molecule has 126 valence electrons. The van der Waals surface area contributed by atoms with E-state index in [0.717, 1.165) is 31.2 Å². The molecule has 0 bridgehead atoms. The molecule has 0 saturated carbocycles. The fourth-order valence-electron chi connectivity index (χ4n) is 2.75. The summed E-state index contributed by atoms with van der Waals surface area (Å²) in [5.74, 6) is 0.464. The zero-order valence-electron chi connectivity index (χ0n) is 12.9. The number of hydrogen-bond acceptors (Lipinski definition) is 6. The number of rotatable bonds is 4. The molecule has 0 radical (unpaired) electrons. The number of nitrogens with zero attached hydrogens (tertiary/aromatic N) is 1. The molecule has 2 aromatic rings. The van der Waals surface area contributed by atoms with Crippen LogP contribution in [0.15, 0.2) is 24.3 Å². The SMILES string of the molecule is Nc1sc2c(c1OC(=O)NCc1cccc([N+](=O)[O-])c1)CCCC2. The van der Waals surface area contributed by atoms with Crippen molar-refractivity contribution >= 4 is 28.1 Å². The minimum Gasteiger partial charge on any atom is -0.407 e. The number of nitrogen functional groups attached to an aromatic ring is 1. The van der Waals surface area contributed by atoms with Crippen molar-refractivity contribution in [3.63, 3.8) is 0 Å². The largest absolute Gasteiger partial charge is 0.412 e. The Hall–Kier alpha value is -2.61. The molecule has 24 heavy (non-hydrogen) atoms. The van der Waals surface area contributed by atoms with Gasteiger partial charge in [0, 0.05) is 29.1 Å². The zero-order chi connectivity index (χ0) is 17.1. The number of nitrogens with two attached hydrogens (primary N) is 1. The highest BCUT2D eigenvalue weighted by Gasteiger charge is 2.22. The van der Waals surface area contributed by atoms with Gasteiger partial charge in [-0.2, -0.15) is 0 Å². The molecule has 1 aliphatic carbocycles. The van der Waals surface area contributed by atoms with Crippen molar-refractivity contribution < 1.29 is 14.5 Å². The van der Waals surface area contributed by atoms with Crippen molar-refractivity contribution in [1.29, 1.82) is 0 Å². The number of non-ortho nitro benzene ring substituents is 1. The Balaban J connectivity index is 1.63. The van der Waals surface area contributed by atoms with E-state index in [4.69, 9.17) is 10.5 Å². The van der Waals surface area contributed by atoms with Gasteiger partial charge in [0.2, 0.25) is 0 Å². The first-order valence-electron chi connectivity index (χ1n) is 7.63. The molecule has 0 unspecified atom stereocenters. The molecule has 0 atom stereocenters. The second kappa shape index (κ2) is 6.88. The third-order valence-corrected chi connectivity index (χ3v) is 5.00. The van der Waals surface area contributed by atoms with Crippen molar-refractivity contribution in [3.05, 3.63) is 50.4 Å². The third kappa shape index (κ3) is 3.48. The second-order valence-electron chi connectivity index (χ2n) is 5.57. The number of nitro benzene ring substituents is 1. The van der Waals surface area contributed by atoms with Gasteiger partial charge in [-0.3, -0.25) is 10.1 Å². The van der Waals surface area contributed by atoms with Gasteiger partial charge < -0.3 is 15.8 Å². The highest BCUT2D eigenvalue weighted by atomic mass is 32.1. The Bertz CT molecular complexity index is 788. The summed E-state index contributed by atoms with van der Waals surface area (Å²) in [6.07, 6.45) is 3.43. The Morgan fingerprint density at radius 3 is 2.96 bits per heavy atom. The first kappa shape index (κ1) is 16.3. The van der Waals surface area contributed by atoms with Crippen LogP contribution >= 0.6 is 11.3 Å². The number of benzene rings is 1. The van der Waals surface area contributed by atoms with Crippen LogP contribution in [0.25, 0.3) is 0 Å². The highest BCUT2D eigenvalue weighted by molar-refractivity contribution is 7.16. The van der Waals surface area contributed by atoms with Crippen molar-refractivity contribution in [3.8, 4) is 5.75 Å². The van der Waals surface area contributed by atoms with E-state index in [1.54, 1.807) is 12.1 Å². The number of fused-ring (bicyclic) bond motifs is 1. The fraction of sp³-hybridized carbons (Fsp3) is 0.312. The maximum atomic E-state index is 12.0. The van der Waals surface area contributed by atoms with Gasteiger partial charge in [0.05, 0.1) is 4.92 Å². The van der Waals surface area contributed by atoms with Crippen LogP contribution < -0.4 is 15.8 Å². The first-order chi connectivity index (χ1) is 11.5. The Kier molecular flexibility index (Phi) is 4.66. The molecule has 1 heterocycles. The molecule has 3 N–H and O–H groups in total. The molecule has 1 aromatic heterocycles. The van der Waals surface area contributed by atoms with Crippen LogP contribution in [0.5, 0.6) is 5.75 Å². The first-order valence-corrected chi connectivity index (χ1v) is 8.45. The Morgan fingerprint density at radius 1 is 1.38 bits per heavy atom. The van der Waals surface area contributed by atoms with Gasteiger partial charge in [-0.15, -0.1) is 11.3 Å². The average Bonchev–Trinajstić information content (AvgIpc) is 2.89. The molecular weight excluding hydrogens is 330 g/mol. The van der Waals surface area contributed by atoms with Crippen LogP contribution in [0, 0.1) is 10.1 Å². The molecule has 7 nitrogen and oxygen atoms in total. The lowest BCUT2D eigenvalue weighted by Gasteiger charge is -2.13. The topological polar surface area (TPSA) is 107 Å². The van der Waals surface area contributed by atoms with Gasteiger partial charge in [-0.1, -0.05) is 12.1 Å². The van der Waals surface area contributed by atoms with E-state index in [1.807, 2.05) is 0 Å². The van der Waals surface area contributed by atoms with E-state index in [-0.39, 0.29) is 12.2 Å². The monoisotopic (exact) mass is 347 g/mol. The van der Waals surface area contributed by atoms with Crippen LogP contribution in [0.1, 0.15) is 28.8 Å². The lowest BCUT2D eigenvalue weighted by molar-refractivity contribution is -0.384. The van der Waals surface area contributed by atoms with Crippen LogP contribution in [0.3, 0.4) is 0 Å². The van der Waals surface area contributed by atoms with Crippen molar-refractivity contribution in [2.45, 2.75) is 32.2 Å². The van der Waals surface area contributed by atoms with E-state index in [2.05, 4.69) is 5.32 Å². The van der Waals surface area contributed by atoms with E-state index in [0.29, 0.717) is 16.3 Å². The standard InChI is InChI=1S/C16H17N3O4S/c17-15-14(12-6-1-2-7-13(12)24-15)23-16(20)18-9-10-4-3-5-11(8-10)19(21)22/h3-5,8H,1-2,6-7,9,17H2,(H,18,20). The van der Waals surface area contributed by atoms with Crippen LogP contribution in [0.4, 0.5) is 15.5 Å². The maximum absolute atomic E-state index is 12.0. The minimum absolute atomic E-state index is 0.0150. The summed E-state index contributed by atoms with van der Waals surface area (Å²) in [4.78, 5) is 23.5. The number of ether oxygens (including phenoxy) is 1. The number of hydrogen-bond donors (Lipinski definition) is 2. The van der Waals surface area contributed by atoms with Crippen LogP contribution in [-0.2, 0) is 19.4 Å². The number of thiophene rings is 1. The summed E-state index contributed by atoms with van der Waals surface area (Å²) in [7, 11) is 0. The molecular formula is C16H17N3O4S. The summed E-state index contributed by atoms with van der Waals surface area (Å²) >= 11 is 1.48. The predicted molar refractivity (Wildman–Crippen MR) is 91.3 cm³/mol. The predicted octanol–water partition coefficient (Wildman–Crippen LogP) is 3.41. The lowest BCUT2D eigenvalue weighted by atomic mass is 9.99.